The molecule has 2 amide bonds. The van der Waals surface area contributed by atoms with Crippen molar-refractivity contribution in [1.29, 1.82) is 0 Å². The smallest absolute Gasteiger partial charge is 0.312 e. The van der Waals surface area contributed by atoms with E-state index in [1.807, 2.05) is 30.0 Å². The van der Waals surface area contributed by atoms with Crippen LogP contribution in [0.1, 0.15) is 88.9 Å². The van der Waals surface area contributed by atoms with Gasteiger partial charge in [0, 0.05) is 100 Å². The number of para-hydroxylation sites is 1. The van der Waals surface area contributed by atoms with E-state index < -0.39 is 82.7 Å². The molecule has 404 valence electrons. The molecule has 1 aromatic heterocycles. The molecule has 3 aliphatic rings. The molecule has 1 fully saturated rings. The third-order valence-corrected chi connectivity index (χ3v) is 15.1. The number of amides is 2. The predicted molar refractivity (Wildman–Crippen MR) is 285 cm³/mol. The second-order valence-electron chi connectivity index (χ2n) is 20.4. The Morgan fingerprint density at radius 2 is 1.62 bits per heavy atom. The van der Waals surface area contributed by atoms with Gasteiger partial charge in [-0.05, 0) is 43.2 Å². The van der Waals surface area contributed by atoms with Gasteiger partial charge in [0.15, 0.2) is 22.3 Å². The van der Waals surface area contributed by atoms with Gasteiger partial charge in [-0.2, -0.15) is 0 Å². The molecule has 4 aromatic carbocycles. The number of aromatic hydroxyl groups is 1. The molecule has 0 spiro atoms. The third-order valence-electron chi connectivity index (χ3n) is 15.1. The van der Waals surface area contributed by atoms with Gasteiger partial charge < -0.3 is 53.6 Å². The van der Waals surface area contributed by atoms with Crippen LogP contribution in [0.3, 0.4) is 0 Å². The topological polar surface area (TPSA) is 237 Å². The molecular weight excluding hydrogens is 977 g/mol. The average Bonchev–Trinajstić information content (AvgIpc) is 3.78. The van der Waals surface area contributed by atoms with Crippen molar-refractivity contribution in [2.75, 3.05) is 38.6 Å². The van der Waals surface area contributed by atoms with Crippen LogP contribution in [-0.4, -0.2) is 117 Å². The number of nitrogens with zero attached hydrogens (tertiary/aromatic N) is 3. The quantitative estimate of drug-likeness (QED) is 0.0506. The average molecular weight is 1050 g/mol. The number of benzene rings is 4. The van der Waals surface area contributed by atoms with Crippen LogP contribution >= 0.6 is 0 Å². The number of carbonyl (C=O) groups excluding carboxylic acids is 4. The number of anilines is 1. The molecule has 0 unspecified atom stereocenters. The third kappa shape index (κ3) is 10.8. The van der Waals surface area contributed by atoms with Crippen LogP contribution in [0.4, 0.5) is 5.69 Å². The van der Waals surface area contributed by atoms with Crippen molar-refractivity contribution >= 4 is 62.2 Å². The standard InChI is InChI=1S/C58H68N4O14/c1-11-42(64)62-24-22-61(23-25-62)28-37-17-13-18-38(27-37)29-72-40-19-14-20-41-46(40)59-47-43-44-51(67)35(7)54-45(43)56(69)58(9,76-54)73-26-21-39(71-10)32(4)53(74-36(8)63)34(6)50(66)33(5)49(65)30(2)15-12-16-31(3)57(70)60-48(52(44)68)55(47)75-41/h12-21,26-27,30,32-34,39,49-50,53,65-66,68H,11,22-25,28-29H2,1-10H3,(H,60,70)/b15-12+,26-21+,31-16-/t30-,32+,33+,34+,39-,49-,50+,53+,58-/m0/s1. The Balaban J connectivity index is 1.24. The molecular formula is C58H68N4O14. The highest BCUT2D eigenvalue weighted by molar-refractivity contribution is 6.26. The van der Waals surface area contributed by atoms with Crippen LogP contribution in [0.15, 0.2) is 87.8 Å². The monoisotopic (exact) mass is 1040 g/mol. The van der Waals surface area contributed by atoms with Crippen LogP contribution < -0.4 is 20.2 Å². The van der Waals surface area contributed by atoms with Gasteiger partial charge in [0.25, 0.3) is 11.7 Å². The van der Waals surface area contributed by atoms with E-state index in [4.69, 9.17) is 33.1 Å². The number of fused-ring (bicyclic) bond motifs is 2. The minimum absolute atomic E-state index is 0.0330. The number of ether oxygens (including phenoxy) is 5. The number of carbonyl (C=O) groups is 4. The molecule has 4 bridgehead atoms. The fourth-order valence-corrected chi connectivity index (χ4v) is 10.5. The molecule has 4 N–H and O–H groups in total. The van der Waals surface area contributed by atoms with Crippen LogP contribution in [0.5, 0.6) is 17.2 Å². The summed E-state index contributed by atoms with van der Waals surface area (Å²) < 4.78 is 37.1. The lowest BCUT2D eigenvalue weighted by Gasteiger charge is -2.38. The molecule has 8 rings (SSSR count). The number of aromatic nitrogens is 1. The molecule has 18 nitrogen and oxygen atoms in total. The van der Waals surface area contributed by atoms with Crippen molar-refractivity contribution in [3.8, 4) is 17.2 Å². The molecule has 9 atom stereocenters. The summed E-state index contributed by atoms with van der Waals surface area (Å²) in [6.45, 7) is 18.1. The summed E-state index contributed by atoms with van der Waals surface area (Å²) in [4.78, 5) is 77.8. The molecule has 5 aromatic rings. The Bertz CT molecular complexity index is 3230. The number of hydrogen-bond donors (Lipinski definition) is 4. The van der Waals surface area contributed by atoms with E-state index in [1.165, 1.54) is 53.2 Å². The van der Waals surface area contributed by atoms with Gasteiger partial charge in [-0.25, -0.2) is 4.98 Å². The number of aliphatic hydroxyl groups is 2. The molecule has 1 saturated heterocycles. The highest BCUT2D eigenvalue weighted by Crippen LogP contribution is 2.49. The van der Waals surface area contributed by atoms with Gasteiger partial charge in [0.1, 0.15) is 40.9 Å². The van der Waals surface area contributed by atoms with E-state index in [9.17, 15) is 34.5 Å². The lowest BCUT2D eigenvalue weighted by atomic mass is 9.78. The summed E-state index contributed by atoms with van der Waals surface area (Å²) in [5.74, 6) is -7.04. The molecule has 0 saturated carbocycles. The zero-order chi connectivity index (χ0) is 54.9. The molecule has 0 aliphatic carbocycles. The first-order chi connectivity index (χ1) is 36.2. The second-order valence-corrected chi connectivity index (χ2v) is 20.4. The summed E-state index contributed by atoms with van der Waals surface area (Å²) in [6, 6.07) is 13.1. The zero-order valence-corrected chi connectivity index (χ0v) is 44.7. The highest BCUT2D eigenvalue weighted by atomic mass is 16.7. The van der Waals surface area contributed by atoms with Crippen molar-refractivity contribution in [2.24, 2.45) is 23.7 Å². The lowest BCUT2D eigenvalue weighted by molar-refractivity contribution is -0.160. The van der Waals surface area contributed by atoms with E-state index in [1.54, 1.807) is 58.0 Å². The molecule has 76 heavy (non-hydrogen) atoms. The van der Waals surface area contributed by atoms with Crippen molar-refractivity contribution in [1.82, 2.24) is 14.8 Å². The van der Waals surface area contributed by atoms with Gasteiger partial charge in [0.2, 0.25) is 5.91 Å². The number of phenolic OH excluding ortho intramolecular Hbond substituents is 1. The number of Topliss-reactive ketones (excluding diaryl/α,β-unsaturated/α-hetero) is 1. The van der Waals surface area contributed by atoms with E-state index in [2.05, 4.69) is 16.3 Å². The summed E-state index contributed by atoms with van der Waals surface area (Å²) in [5.41, 5.74) is 1.08. The van der Waals surface area contributed by atoms with Gasteiger partial charge >= 0.3 is 11.8 Å². The molecule has 18 heteroatoms. The Morgan fingerprint density at radius 3 is 2.32 bits per heavy atom. The Morgan fingerprint density at radius 1 is 0.908 bits per heavy atom. The predicted octanol–water partition coefficient (Wildman–Crippen LogP) is 7.63. The number of aliphatic hydroxyl groups excluding tert-OH is 2. The Hall–Kier alpha value is -7.12. The number of methoxy groups -OCH3 is 1. The first-order valence-electron chi connectivity index (χ1n) is 25.8. The van der Waals surface area contributed by atoms with E-state index in [0.29, 0.717) is 31.8 Å². The van der Waals surface area contributed by atoms with Gasteiger partial charge in [-0.3, -0.25) is 28.9 Å². The molecule has 4 heterocycles. The maximum Gasteiger partial charge on any atom is 0.312 e. The lowest BCUT2D eigenvalue weighted by Crippen LogP contribution is -2.48. The SMILES string of the molecule is CCC(=O)N1CCN(Cc2cccc(COc3cccc4oc5c6c(O)c7c(=O)c(C)c8c(c7c5nc34)C(=O)[C@@](C)(O/C=C/[C@H](OC)[C@@H](C)[C@@H](OC(C)=O)[C@H](C)[C@H](O)[C@H](C)[C@@H](O)[C@@H](C)/C=C/C=C(/C)C(=O)N6)O8)c2)CC1. The maximum absolute atomic E-state index is 15.0. The van der Waals surface area contributed by atoms with Crippen LogP contribution in [0, 0.1) is 30.6 Å². The van der Waals surface area contributed by atoms with Crippen molar-refractivity contribution in [2.45, 2.75) is 112 Å². The minimum Gasteiger partial charge on any atom is -0.505 e. The van der Waals surface area contributed by atoms with Crippen molar-refractivity contribution < 1.29 is 62.6 Å². The van der Waals surface area contributed by atoms with Gasteiger partial charge in [-0.15, -0.1) is 0 Å². The van der Waals surface area contributed by atoms with Crippen molar-refractivity contribution in [3.63, 3.8) is 0 Å². The van der Waals surface area contributed by atoms with Crippen molar-refractivity contribution in [3.05, 3.63) is 111 Å². The molecule has 3 aliphatic heterocycles. The first-order valence-corrected chi connectivity index (χ1v) is 25.8. The van der Waals surface area contributed by atoms with Gasteiger partial charge in [0.05, 0.1) is 35.5 Å². The highest BCUT2D eigenvalue weighted by Gasteiger charge is 2.50. The zero-order valence-electron chi connectivity index (χ0n) is 44.7. The Labute approximate surface area is 440 Å². The largest absolute Gasteiger partial charge is 0.505 e. The minimum atomic E-state index is -2.09. The summed E-state index contributed by atoms with van der Waals surface area (Å²) in [7, 11) is 1.44. The van der Waals surface area contributed by atoms with E-state index in [-0.39, 0.29) is 73.6 Å². The van der Waals surface area contributed by atoms with Gasteiger partial charge in [-0.1, -0.05) is 83.2 Å². The number of nitrogens with one attached hydrogen (secondary N) is 1. The van der Waals surface area contributed by atoms with E-state index >= 15 is 4.79 Å². The summed E-state index contributed by atoms with van der Waals surface area (Å²) in [5, 5.41) is 37.7. The van der Waals surface area contributed by atoms with E-state index in [0.717, 1.165) is 24.2 Å². The van der Waals surface area contributed by atoms with Crippen LogP contribution in [-0.2, 0) is 41.7 Å². The number of piperazine rings is 1. The number of allylic oxidation sites excluding steroid dienone is 2. The fourth-order valence-electron chi connectivity index (χ4n) is 10.5. The van der Waals surface area contributed by atoms with Crippen LogP contribution in [0.25, 0.3) is 33.0 Å². The number of phenols is 1. The Kier molecular flexibility index (Phi) is 16.4. The number of esters is 1. The normalized spacial score (nSPS) is 27.4. The summed E-state index contributed by atoms with van der Waals surface area (Å²) in [6.07, 6.45) is 4.00. The number of rotatable bonds is 8. The second kappa shape index (κ2) is 22.6. The number of ketones is 1. The summed E-state index contributed by atoms with van der Waals surface area (Å²) >= 11 is 0. The number of hydrogen-bond acceptors (Lipinski definition) is 16. The molecule has 0 radical (unpaired) electrons. The van der Waals surface area contributed by atoms with Crippen LogP contribution in [0.2, 0.25) is 0 Å². The first kappa shape index (κ1) is 55.1. The maximum atomic E-state index is 15.0. The fraction of sp³-hybridized carbons (Fsp3) is 0.448.